The molecule has 4 aromatic rings. The predicted molar refractivity (Wildman–Crippen MR) is 188 cm³/mol. The number of hydrogen-bond acceptors (Lipinski definition) is 6. The van der Waals surface area contributed by atoms with Gasteiger partial charge in [-0.25, -0.2) is 0 Å². The van der Waals surface area contributed by atoms with Crippen molar-refractivity contribution in [1.82, 2.24) is 0 Å². The molecular formula is C43H44O6. The lowest BCUT2D eigenvalue weighted by atomic mass is 9.51. The molecule has 0 unspecified atom stereocenters. The third-order valence-corrected chi connectivity index (χ3v) is 11.9. The molecule has 6 aliphatic heterocycles. The molecule has 6 nitrogen and oxygen atoms in total. The first kappa shape index (κ1) is 30.5. The van der Waals surface area contributed by atoms with Crippen molar-refractivity contribution in [2.45, 2.75) is 91.0 Å². The number of aromatic hydroxyl groups is 1. The molecule has 0 aromatic heterocycles. The average molecular weight is 657 g/mol. The van der Waals surface area contributed by atoms with Gasteiger partial charge >= 0.3 is 0 Å². The first-order chi connectivity index (χ1) is 23.7. The summed E-state index contributed by atoms with van der Waals surface area (Å²) < 4.78 is 33.2. The highest BCUT2D eigenvalue weighted by Crippen LogP contribution is 2.62. The Kier molecular flexibility index (Phi) is 7.15. The number of rotatable bonds is 0. The molecule has 4 atom stereocenters. The van der Waals surface area contributed by atoms with E-state index in [0.29, 0.717) is 34.7 Å². The van der Waals surface area contributed by atoms with Crippen LogP contribution in [0.1, 0.15) is 75.1 Å². The Bertz CT molecular complexity index is 1960. The van der Waals surface area contributed by atoms with Gasteiger partial charge in [0.15, 0.2) is 29.1 Å². The molecule has 1 fully saturated rings. The summed E-state index contributed by atoms with van der Waals surface area (Å²) in [4.78, 5) is 0. The second-order valence-electron chi connectivity index (χ2n) is 15.7. The van der Waals surface area contributed by atoms with Crippen LogP contribution in [0.2, 0.25) is 0 Å². The van der Waals surface area contributed by atoms with E-state index in [4.69, 9.17) is 23.7 Å². The van der Waals surface area contributed by atoms with E-state index < -0.39 is 6.29 Å². The summed E-state index contributed by atoms with van der Waals surface area (Å²) in [6.45, 7) is 7.36. The lowest BCUT2D eigenvalue weighted by Gasteiger charge is -2.53. The molecule has 49 heavy (non-hydrogen) atoms. The molecule has 0 amide bonds. The molecule has 1 N–H and O–H groups in total. The van der Waals surface area contributed by atoms with Gasteiger partial charge in [-0.1, -0.05) is 63.6 Å². The van der Waals surface area contributed by atoms with Crippen LogP contribution in [0, 0.1) is 16.7 Å². The average Bonchev–Trinajstić information content (AvgIpc) is 3.43. The lowest BCUT2D eigenvalue weighted by molar-refractivity contribution is -0.0982. The highest BCUT2D eigenvalue weighted by atomic mass is 16.7. The fourth-order valence-electron chi connectivity index (χ4n) is 9.24. The van der Waals surface area contributed by atoms with Gasteiger partial charge < -0.3 is 28.8 Å². The van der Waals surface area contributed by atoms with Crippen molar-refractivity contribution in [1.29, 1.82) is 0 Å². The Labute approximate surface area is 288 Å². The van der Waals surface area contributed by atoms with Crippen molar-refractivity contribution < 1.29 is 28.8 Å². The van der Waals surface area contributed by atoms with Gasteiger partial charge in [-0.05, 0) is 126 Å². The van der Waals surface area contributed by atoms with Crippen molar-refractivity contribution >= 4 is 0 Å². The van der Waals surface area contributed by atoms with Gasteiger partial charge in [0.05, 0.1) is 0 Å². The zero-order valence-electron chi connectivity index (χ0n) is 28.6. The number of benzene rings is 4. The lowest BCUT2D eigenvalue weighted by Crippen LogP contribution is -2.45. The van der Waals surface area contributed by atoms with Crippen LogP contribution >= 0.6 is 0 Å². The molecule has 6 heteroatoms. The van der Waals surface area contributed by atoms with Gasteiger partial charge in [-0.3, -0.25) is 0 Å². The Morgan fingerprint density at radius 1 is 0.673 bits per heavy atom. The number of hydrogen-bond donors (Lipinski definition) is 1. The number of ether oxygens (including phenoxy) is 5. The van der Waals surface area contributed by atoms with Gasteiger partial charge in [0.2, 0.25) is 5.75 Å². The second kappa shape index (κ2) is 11.5. The van der Waals surface area contributed by atoms with Crippen LogP contribution in [0.3, 0.4) is 0 Å². The van der Waals surface area contributed by atoms with Crippen molar-refractivity contribution in [3.63, 3.8) is 0 Å². The molecule has 1 saturated carbocycles. The van der Waals surface area contributed by atoms with Crippen molar-refractivity contribution in [3.05, 3.63) is 112 Å². The summed E-state index contributed by atoms with van der Waals surface area (Å²) in [5, 5.41) is 10.5. The third-order valence-electron chi connectivity index (χ3n) is 11.9. The summed E-state index contributed by atoms with van der Waals surface area (Å²) in [6.07, 6.45) is 8.06. The van der Waals surface area contributed by atoms with Crippen LogP contribution in [-0.2, 0) is 30.4 Å². The van der Waals surface area contributed by atoms with Crippen LogP contribution in [-0.4, -0.2) is 17.5 Å². The van der Waals surface area contributed by atoms with Crippen LogP contribution in [0.5, 0.6) is 40.2 Å². The van der Waals surface area contributed by atoms with E-state index in [1.807, 2.05) is 42.5 Å². The van der Waals surface area contributed by atoms with Gasteiger partial charge in [-0.15, -0.1) is 0 Å². The fourth-order valence-corrected chi connectivity index (χ4v) is 9.24. The standard InChI is InChI=1S/C43H44O6/c1-42(2)20-5-21-43(3)25-32-35(24-37(42)43)47-41-39(32)48-40-34-19-15-29(38(40)49-41)14-10-26-11-16-30(17-12-26)45-36-23-28(13-18-33(36)44)9-8-27-6-4-7-31(22-27)46-34/h4,6-7,11-13,15-19,22-23,37,39,41,44H,5,8-10,14,20-21,24-25H2,1-3H3/t37-,39-,41-,43+/m0/s1. The summed E-state index contributed by atoms with van der Waals surface area (Å²) in [6, 6.07) is 26.0. The largest absolute Gasteiger partial charge is 0.504 e. The maximum atomic E-state index is 10.5. The van der Waals surface area contributed by atoms with Gasteiger partial charge in [0.1, 0.15) is 17.3 Å². The van der Waals surface area contributed by atoms with Crippen molar-refractivity contribution in [2.24, 2.45) is 16.7 Å². The monoisotopic (exact) mass is 656 g/mol. The third kappa shape index (κ3) is 5.50. The van der Waals surface area contributed by atoms with Gasteiger partial charge in [0.25, 0.3) is 6.29 Å². The number of fused-ring (bicyclic) bond motifs is 3. The molecule has 6 heterocycles. The minimum Gasteiger partial charge on any atom is -0.504 e. The molecule has 0 spiro atoms. The molecule has 4 aromatic carbocycles. The molecule has 0 saturated heterocycles. The maximum absolute atomic E-state index is 10.5. The highest BCUT2D eigenvalue weighted by Gasteiger charge is 2.55. The Hall–Kier alpha value is -4.58. The van der Waals surface area contributed by atoms with Crippen LogP contribution in [0.15, 0.2) is 90.2 Å². The van der Waals surface area contributed by atoms with E-state index in [1.165, 1.54) is 30.4 Å². The second-order valence-corrected chi connectivity index (χ2v) is 15.7. The first-order valence-electron chi connectivity index (χ1n) is 17.9. The van der Waals surface area contributed by atoms with E-state index >= 15 is 0 Å². The zero-order chi connectivity index (χ0) is 33.3. The van der Waals surface area contributed by atoms with Crippen LogP contribution in [0.4, 0.5) is 0 Å². The number of phenolic OH excluding ortho intramolecular Hbond substituents is 1. The summed E-state index contributed by atoms with van der Waals surface area (Å²) in [5.74, 6) is 5.70. The first-order valence-corrected chi connectivity index (χ1v) is 17.9. The van der Waals surface area contributed by atoms with E-state index in [0.717, 1.165) is 66.7 Å². The van der Waals surface area contributed by atoms with E-state index in [1.54, 1.807) is 6.07 Å². The molecule has 252 valence electrons. The predicted octanol–water partition coefficient (Wildman–Crippen LogP) is 10.2. The topological polar surface area (TPSA) is 66.4 Å². The summed E-state index contributed by atoms with van der Waals surface area (Å²) in [5.41, 5.74) is 6.25. The Morgan fingerprint density at radius 2 is 1.45 bits per heavy atom. The van der Waals surface area contributed by atoms with Gasteiger partial charge in [0, 0.05) is 12.0 Å². The van der Waals surface area contributed by atoms with Crippen molar-refractivity contribution in [3.8, 4) is 40.2 Å². The van der Waals surface area contributed by atoms with Crippen molar-refractivity contribution in [2.75, 3.05) is 0 Å². The number of aryl methyl sites for hydroxylation is 4. The Morgan fingerprint density at radius 3 is 2.31 bits per heavy atom. The fraction of sp³-hybridized carbons (Fsp3) is 0.395. The molecule has 8 aliphatic rings. The summed E-state index contributed by atoms with van der Waals surface area (Å²) >= 11 is 0. The molecule has 8 bridgehead atoms. The molecule has 2 aliphatic carbocycles. The number of phenols is 1. The minimum atomic E-state index is -0.503. The summed E-state index contributed by atoms with van der Waals surface area (Å²) in [7, 11) is 0. The Balaban J connectivity index is 1.07. The quantitative estimate of drug-likeness (QED) is 0.203. The van der Waals surface area contributed by atoms with E-state index in [2.05, 4.69) is 51.1 Å². The minimum absolute atomic E-state index is 0.126. The van der Waals surface area contributed by atoms with E-state index in [-0.39, 0.29) is 22.7 Å². The SMILES string of the molecule is CC1(C)CCC[C@]2(C)CC3=C(C[C@@H]12)O[C@H]1Oc2c4ccc(c2O[C@@H]31)Oc1cccc(c1)CCc1ccc(O)c(c1)Oc1ccc(cc1)CC4. The smallest absolute Gasteiger partial charge is 0.281 e. The highest BCUT2D eigenvalue weighted by molar-refractivity contribution is 5.59. The zero-order valence-corrected chi connectivity index (χ0v) is 28.6. The van der Waals surface area contributed by atoms with Crippen LogP contribution < -0.4 is 18.9 Å². The van der Waals surface area contributed by atoms with E-state index in [9.17, 15) is 5.11 Å². The molecule has 12 rings (SSSR count). The normalized spacial score (nSPS) is 26.4. The van der Waals surface area contributed by atoms with Gasteiger partial charge in [-0.2, -0.15) is 0 Å². The maximum Gasteiger partial charge on any atom is 0.281 e. The van der Waals surface area contributed by atoms with Crippen LogP contribution in [0.25, 0.3) is 0 Å². The number of allylic oxidation sites excluding steroid dienone is 1. The molecular weight excluding hydrogens is 612 g/mol. The molecule has 0 radical (unpaired) electrons.